The number of imidazole rings is 2. The van der Waals surface area contributed by atoms with Crippen molar-refractivity contribution >= 4 is 11.8 Å². The van der Waals surface area contributed by atoms with Crippen LogP contribution in [0.2, 0.25) is 0 Å². The summed E-state index contributed by atoms with van der Waals surface area (Å²) in [5.74, 6) is 0.612. The van der Waals surface area contributed by atoms with Crippen LogP contribution in [0.5, 0.6) is 0 Å². The molecule has 0 aliphatic carbocycles. The summed E-state index contributed by atoms with van der Waals surface area (Å²) in [6.45, 7) is 2.91. The van der Waals surface area contributed by atoms with Crippen molar-refractivity contribution in [1.29, 1.82) is 0 Å². The minimum Gasteiger partial charge on any atom is -1.00 e. The first-order chi connectivity index (χ1) is 10.6. The molecule has 3 aromatic heterocycles. The Kier molecular flexibility index (Phi) is 11.4. The first-order valence-corrected chi connectivity index (χ1v) is 6.64. The molecule has 0 bridgehead atoms. The fourth-order valence-electron chi connectivity index (χ4n) is 2.18. The van der Waals surface area contributed by atoms with Crippen LogP contribution in [0.3, 0.4) is 0 Å². The number of hydrogen-bond acceptors (Lipinski definition) is 5. The maximum Gasteiger partial charge on any atom is 0.229 e. The molecule has 26 heavy (non-hydrogen) atoms. The Bertz CT molecular complexity index is 814. The van der Waals surface area contributed by atoms with E-state index < -0.39 is 0 Å². The van der Waals surface area contributed by atoms with Gasteiger partial charge in [0.2, 0.25) is 11.8 Å². The average Bonchev–Trinajstić information content (AvgIpc) is 3.16. The van der Waals surface area contributed by atoms with Crippen LogP contribution in [-0.4, -0.2) is 35.9 Å². The second-order valence-electron chi connectivity index (χ2n) is 4.69. The molecule has 0 aromatic carbocycles. The van der Waals surface area contributed by atoms with Gasteiger partial charge in [-0.05, 0) is 12.1 Å². The second kappa shape index (κ2) is 11.2. The second-order valence-corrected chi connectivity index (χ2v) is 4.69. The van der Waals surface area contributed by atoms with E-state index in [1.165, 1.54) is 23.0 Å². The fraction of sp³-hybridized carbons (Fsp3) is 0.133. The van der Waals surface area contributed by atoms with Crippen LogP contribution in [-0.2, 0) is 18.6 Å². The first kappa shape index (κ1) is 26.6. The molecule has 11 heteroatoms. The van der Waals surface area contributed by atoms with E-state index in [0.29, 0.717) is 23.0 Å². The molecule has 0 saturated heterocycles. The molecule has 1 radical (unpaired) electrons. The molecule has 0 aliphatic rings. The van der Waals surface area contributed by atoms with Gasteiger partial charge >= 0.3 is 0 Å². The van der Waals surface area contributed by atoms with Gasteiger partial charge in [0, 0.05) is 57.2 Å². The van der Waals surface area contributed by atoms with Crippen molar-refractivity contribution in [3.8, 4) is 23.0 Å². The Hall–Kier alpha value is -1.64. The van der Waals surface area contributed by atoms with Crippen LogP contribution in [0.15, 0.2) is 43.0 Å². The predicted octanol–water partition coefficient (Wildman–Crippen LogP) is -6.86. The Morgan fingerprint density at radius 3 is 1.54 bits per heavy atom. The standard InChI is InChI=1S/C15H13N5O2.3ClH.V/c1-10(21)19-8-6-16-14(19)12-4-3-5-13(18-12)15-17-7-9-20(15)11(2)22;;;;/h3-9H,1-2H3;3*1H;/p-3. The number of carbonyl (C=O) groups is 2. The summed E-state index contributed by atoms with van der Waals surface area (Å²) in [4.78, 5) is 36.0. The third-order valence-electron chi connectivity index (χ3n) is 3.17. The summed E-state index contributed by atoms with van der Waals surface area (Å²) in [6, 6.07) is 5.30. The molecule has 3 heterocycles. The molecular weight excluding hydrogens is 440 g/mol. The first-order valence-electron chi connectivity index (χ1n) is 6.64. The van der Waals surface area contributed by atoms with E-state index in [0.717, 1.165) is 0 Å². The van der Waals surface area contributed by atoms with Gasteiger partial charge in [0.1, 0.15) is 11.4 Å². The summed E-state index contributed by atoms with van der Waals surface area (Å²) in [5.41, 5.74) is 1.08. The van der Waals surface area contributed by atoms with Crippen molar-refractivity contribution in [3.63, 3.8) is 0 Å². The van der Waals surface area contributed by atoms with E-state index >= 15 is 0 Å². The average molecular weight is 453 g/mol. The van der Waals surface area contributed by atoms with E-state index in [1.807, 2.05) is 0 Å². The summed E-state index contributed by atoms with van der Waals surface area (Å²) < 4.78 is 2.84. The Morgan fingerprint density at radius 1 is 0.808 bits per heavy atom. The van der Waals surface area contributed by atoms with Crippen LogP contribution in [0.1, 0.15) is 23.4 Å². The number of halogens is 3. The molecule has 7 nitrogen and oxygen atoms in total. The van der Waals surface area contributed by atoms with Crippen LogP contribution in [0.4, 0.5) is 0 Å². The fourth-order valence-corrected chi connectivity index (χ4v) is 2.18. The number of hydrogen-bond donors (Lipinski definition) is 0. The summed E-state index contributed by atoms with van der Waals surface area (Å²) in [6.07, 6.45) is 6.26. The van der Waals surface area contributed by atoms with Crippen molar-refractivity contribution in [2.24, 2.45) is 0 Å². The zero-order chi connectivity index (χ0) is 15.7. The molecule has 0 saturated carbocycles. The van der Waals surface area contributed by atoms with Gasteiger partial charge in [-0.3, -0.25) is 18.7 Å². The van der Waals surface area contributed by atoms with Crippen LogP contribution in [0, 0.1) is 0 Å². The van der Waals surface area contributed by atoms with Crippen molar-refractivity contribution in [2.45, 2.75) is 13.8 Å². The molecule has 0 N–H and O–H groups in total. The van der Waals surface area contributed by atoms with Crippen LogP contribution in [0.25, 0.3) is 23.0 Å². The van der Waals surface area contributed by atoms with Gasteiger partial charge in [-0.25, -0.2) is 15.0 Å². The molecule has 0 atom stereocenters. The minimum absolute atomic E-state index is 0. The van der Waals surface area contributed by atoms with Gasteiger partial charge in [-0.2, -0.15) is 0 Å². The normalized spacial score (nSPS) is 9.00. The molecule has 0 aliphatic heterocycles. The molecule has 3 rings (SSSR count). The van der Waals surface area contributed by atoms with Gasteiger partial charge in [0.05, 0.1) is 0 Å². The Morgan fingerprint density at radius 2 is 1.19 bits per heavy atom. The monoisotopic (exact) mass is 451 g/mol. The van der Waals surface area contributed by atoms with Crippen molar-refractivity contribution < 1.29 is 65.4 Å². The van der Waals surface area contributed by atoms with Crippen molar-refractivity contribution in [1.82, 2.24) is 24.1 Å². The van der Waals surface area contributed by atoms with Gasteiger partial charge < -0.3 is 37.2 Å². The summed E-state index contributed by atoms with van der Waals surface area (Å²) >= 11 is 0. The molecular formula is C15H13Cl3N5O2V-3. The van der Waals surface area contributed by atoms with E-state index in [1.54, 1.807) is 43.0 Å². The molecule has 139 valence electrons. The van der Waals surface area contributed by atoms with E-state index in [9.17, 15) is 9.59 Å². The Labute approximate surface area is 180 Å². The topological polar surface area (TPSA) is 82.7 Å². The molecule has 0 spiro atoms. The SMILES string of the molecule is CC(=O)n1ccnc1-c1cccc(-c2nccn2C(C)=O)n1.[Cl-].[Cl-].[Cl-].[V]. The zero-order valence-corrected chi connectivity index (χ0v) is 17.3. The largest absolute Gasteiger partial charge is 1.00 e. The summed E-state index contributed by atoms with van der Waals surface area (Å²) in [7, 11) is 0. The minimum atomic E-state index is -0.148. The third-order valence-corrected chi connectivity index (χ3v) is 3.17. The number of rotatable bonds is 2. The number of carbonyl (C=O) groups excluding carboxylic acids is 2. The number of nitrogens with zero attached hydrogens (tertiary/aromatic N) is 5. The third kappa shape index (κ3) is 5.19. The maximum absolute atomic E-state index is 11.6. The summed E-state index contributed by atoms with van der Waals surface area (Å²) in [5, 5.41) is 0. The quantitative estimate of drug-likeness (QED) is 0.386. The van der Waals surface area contributed by atoms with Gasteiger partial charge in [-0.15, -0.1) is 0 Å². The van der Waals surface area contributed by atoms with Crippen molar-refractivity contribution in [3.05, 3.63) is 43.0 Å². The van der Waals surface area contributed by atoms with Crippen LogP contribution < -0.4 is 37.2 Å². The van der Waals surface area contributed by atoms with Gasteiger partial charge in [-0.1, -0.05) is 6.07 Å². The van der Waals surface area contributed by atoms with Crippen LogP contribution >= 0.6 is 0 Å². The maximum atomic E-state index is 11.6. The van der Waals surface area contributed by atoms with Gasteiger partial charge in [0.15, 0.2) is 11.6 Å². The van der Waals surface area contributed by atoms with Crippen molar-refractivity contribution in [2.75, 3.05) is 0 Å². The van der Waals surface area contributed by atoms with Gasteiger partial charge in [0.25, 0.3) is 0 Å². The number of pyridine rings is 1. The molecule has 0 fully saturated rings. The van der Waals surface area contributed by atoms with E-state index in [4.69, 9.17) is 0 Å². The molecule has 3 aromatic rings. The number of aromatic nitrogens is 5. The molecule has 0 unspecified atom stereocenters. The Balaban J connectivity index is 0. The van der Waals surface area contributed by atoms with E-state index in [2.05, 4.69) is 15.0 Å². The van der Waals surface area contributed by atoms with E-state index in [-0.39, 0.29) is 67.6 Å². The molecule has 0 amide bonds. The zero-order valence-electron chi connectivity index (χ0n) is 13.7. The predicted molar refractivity (Wildman–Crippen MR) is 79.3 cm³/mol. The smallest absolute Gasteiger partial charge is 0.229 e.